The number of nitrogens with two attached hydrogens (primary N) is 1. The lowest BCUT2D eigenvalue weighted by atomic mass is 10.1. The average molecular weight is 251 g/mol. The largest absolute Gasteiger partial charge is 0.382 e. The summed E-state index contributed by atoms with van der Waals surface area (Å²) in [6.45, 7) is 3.67. The van der Waals surface area contributed by atoms with Gasteiger partial charge in [0.05, 0.1) is 5.75 Å². The molecule has 16 heavy (non-hydrogen) atoms. The Morgan fingerprint density at radius 3 is 1.94 bits per heavy atom. The van der Waals surface area contributed by atoms with Crippen LogP contribution < -0.4 is 5.14 Å². The van der Waals surface area contributed by atoms with Crippen molar-refractivity contribution in [2.75, 3.05) is 19.0 Å². The molecule has 0 aliphatic carbocycles. The lowest BCUT2D eigenvalue weighted by molar-refractivity contribution is 0.143. The highest BCUT2D eigenvalue weighted by Gasteiger charge is 2.01. The molecule has 4 nitrogen and oxygen atoms in total. The number of primary sulfonamides is 1. The van der Waals surface area contributed by atoms with Gasteiger partial charge in [0, 0.05) is 13.2 Å². The Kier molecular flexibility index (Phi) is 9.97. The molecule has 0 saturated carbocycles. The van der Waals surface area contributed by atoms with Crippen molar-refractivity contribution in [3.05, 3.63) is 0 Å². The Bertz CT molecular complexity index is 240. The minimum atomic E-state index is -3.25. The second kappa shape index (κ2) is 10.1. The lowest BCUT2D eigenvalue weighted by Gasteiger charge is -2.02. The highest BCUT2D eigenvalue weighted by atomic mass is 32.2. The number of ether oxygens (including phenoxy) is 1. The molecular weight excluding hydrogens is 226 g/mol. The van der Waals surface area contributed by atoms with Crippen molar-refractivity contribution in [1.29, 1.82) is 0 Å². The van der Waals surface area contributed by atoms with Crippen molar-refractivity contribution in [3.63, 3.8) is 0 Å². The topological polar surface area (TPSA) is 69.4 Å². The van der Waals surface area contributed by atoms with Crippen LogP contribution in [-0.4, -0.2) is 27.4 Å². The zero-order chi connectivity index (χ0) is 12.3. The molecule has 0 aliphatic heterocycles. The normalized spacial score (nSPS) is 11.9. The lowest BCUT2D eigenvalue weighted by Crippen LogP contribution is -2.16. The van der Waals surface area contributed by atoms with Crippen LogP contribution in [0.25, 0.3) is 0 Å². The predicted octanol–water partition coefficient (Wildman–Crippen LogP) is 2.04. The van der Waals surface area contributed by atoms with E-state index in [9.17, 15) is 8.42 Å². The van der Waals surface area contributed by atoms with Gasteiger partial charge in [-0.1, -0.05) is 32.1 Å². The summed E-state index contributed by atoms with van der Waals surface area (Å²) < 4.78 is 26.5. The van der Waals surface area contributed by atoms with Crippen LogP contribution in [0, 0.1) is 0 Å². The van der Waals surface area contributed by atoms with Crippen LogP contribution in [0.2, 0.25) is 0 Å². The zero-order valence-corrected chi connectivity index (χ0v) is 11.1. The van der Waals surface area contributed by atoms with E-state index in [1.54, 1.807) is 0 Å². The van der Waals surface area contributed by atoms with Crippen molar-refractivity contribution in [2.45, 2.75) is 51.9 Å². The molecule has 5 heteroatoms. The molecule has 0 rings (SSSR count). The van der Waals surface area contributed by atoms with Crippen LogP contribution in [0.15, 0.2) is 0 Å². The van der Waals surface area contributed by atoms with Gasteiger partial charge < -0.3 is 4.74 Å². The summed E-state index contributed by atoms with van der Waals surface area (Å²) in [6, 6.07) is 0. The molecule has 98 valence electrons. The molecule has 0 heterocycles. The molecule has 0 amide bonds. The highest BCUT2D eigenvalue weighted by molar-refractivity contribution is 7.89. The maximum atomic E-state index is 10.6. The second-order valence-corrected chi connectivity index (χ2v) is 5.77. The first-order chi connectivity index (χ1) is 7.56. The van der Waals surface area contributed by atoms with Crippen LogP contribution in [0.5, 0.6) is 0 Å². The molecule has 0 aromatic rings. The van der Waals surface area contributed by atoms with Crippen LogP contribution in [0.1, 0.15) is 51.9 Å². The van der Waals surface area contributed by atoms with Gasteiger partial charge >= 0.3 is 0 Å². The Morgan fingerprint density at radius 1 is 0.938 bits per heavy atom. The van der Waals surface area contributed by atoms with E-state index < -0.39 is 10.0 Å². The van der Waals surface area contributed by atoms with E-state index in [1.165, 1.54) is 19.3 Å². The Labute approximate surface area is 99.6 Å². The number of rotatable bonds is 11. The van der Waals surface area contributed by atoms with E-state index in [0.717, 1.165) is 32.5 Å². The van der Waals surface area contributed by atoms with Gasteiger partial charge in [-0.2, -0.15) is 0 Å². The summed E-state index contributed by atoms with van der Waals surface area (Å²) in [5, 5.41) is 4.90. The van der Waals surface area contributed by atoms with Crippen molar-refractivity contribution in [3.8, 4) is 0 Å². The average Bonchev–Trinajstić information content (AvgIpc) is 2.19. The van der Waals surface area contributed by atoms with Crippen molar-refractivity contribution in [2.24, 2.45) is 5.14 Å². The zero-order valence-electron chi connectivity index (χ0n) is 10.3. The summed E-state index contributed by atoms with van der Waals surface area (Å²) in [5.41, 5.74) is 0. The molecule has 2 N–H and O–H groups in total. The molecule has 0 aliphatic rings. The van der Waals surface area contributed by atoms with Crippen LogP contribution >= 0.6 is 0 Å². The molecule has 0 bridgehead atoms. The first kappa shape index (κ1) is 15.9. The van der Waals surface area contributed by atoms with E-state index in [1.807, 2.05) is 6.92 Å². The second-order valence-electron chi connectivity index (χ2n) is 4.04. The Morgan fingerprint density at radius 2 is 1.44 bits per heavy atom. The van der Waals surface area contributed by atoms with E-state index in [4.69, 9.17) is 9.88 Å². The Hall–Kier alpha value is -0.130. The smallest absolute Gasteiger partial charge is 0.209 e. The van der Waals surface area contributed by atoms with Gasteiger partial charge in [-0.05, 0) is 19.8 Å². The summed E-state index contributed by atoms with van der Waals surface area (Å²) >= 11 is 0. The maximum absolute atomic E-state index is 10.6. The van der Waals surface area contributed by atoms with E-state index in [0.29, 0.717) is 6.42 Å². The number of hydrogen-bond acceptors (Lipinski definition) is 3. The van der Waals surface area contributed by atoms with Crippen LogP contribution in [-0.2, 0) is 14.8 Å². The van der Waals surface area contributed by atoms with Crippen molar-refractivity contribution < 1.29 is 13.2 Å². The van der Waals surface area contributed by atoms with E-state index in [2.05, 4.69) is 0 Å². The molecule has 0 atom stereocenters. The van der Waals surface area contributed by atoms with Gasteiger partial charge in [-0.25, -0.2) is 13.6 Å². The van der Waals surface area contributed by atoms with Gasteiger partial charge in [-0.15, -0.1) is 0 Å². The van der Waals surface area contributed by atoms with Gasteiger partial charge in [0.15, 0.2) is 0 Å². The van der Waals surface area contributed by atoms with Crippen LogP contribution in [0.4, 0.5) is 0 Å². The quantitative estimate of drug-likeness (QED) is 0.571. The first-order valence-corrected chi connectivity index (χ1v) is 7.86. The number of unbranched alkanes of at least 4 members (excludes halogenated alkanes) is 6. The first-order valence-electron chi connectivity index (χ1n) is 6.14. The fourth-order valence-corrected chi connectivity index (χ4v) is 2.14. The molecule has 0 fully saturated rings. The fourth-order valence-electron chi connectivity index (χ4n) is 1.54. The third kappa shape index (κ3) is 13.9. The molecule has 0 aromatic heterocycles. The summed E-state index contributed by atoms with van der Waals surface area (Å²) in [4.78, 5) is 0. The molecule has 0 radical (unpaired) electrons. The molecular formula is C11H25NO3S. The molecule has 0 aromatic carbocycles. The molecule has 0 spiro atoms. The highest BCUT2D eigenvalue weighted by Crippen LogP contribution is 2.07. The van der Waals surface area contributed by atoms with E-state index >= 15 is 0 Å². The third-order valence-electron chi connectivity index (χ3n) is 2.42. The maximum Gasteiger partial charge on any atom is 0.209 e. The number of sulfonamides is 1. The van der Waals surface area contributed by atoms with Crippen molar-refractivity contribution in [1.82, 2.24) is 0 Å². The minimum absolute atomic E-state index is 0.122. The molecule has 0 saturated heterocycles. The van der Waals surface area contributed by atoms with Crippen LogP contribution in [0.3, 0.4) is 0 Å². The SMILES string of the molecule is CCOCCCCCCCCCS(N)(=O)=O. The minimum Gasteiger partial charge on any atom is -0.382 e. The number of hydrogen-bond donors (Lipinski definition) is 1. The third-order valence-corrected chi connectivity index (χ3v) is 3.28. The van der Waals surface area contributed by atoms with Gasteiger partial charge in [-0.3, -0.25) is 0 Å². The predicted molar refractivity (Wildman–Crippen MR) is 66.8 cm³/mol. The molecule has 0 unspecified atom stereocenters. The summed E-state index contributed by atoms with van der Waals surface area (Å²) in [5.74, 6) is 0.122. The van der Waals surface area contributed by atoms with Gasteiger partial charge in [0.1, 0.15) is 0 Å². The summed E-state index contributed by atoms with van der Waals surface area (Å²) in [7, 11) is -3.25. The van der Waals surface area contributed by atoms with E-state index in [-0.39, 0.29) is 5.75 Å². The van der Waals surface area contributed by atoms with Gasteiger partial charge in [0.2, 0.25) is 10.0 Å². The fraction of sp³-hybridized carbons (Fsp3) is 1.00. The summed E-state index contributed by atoms with van der Waals surface area (Å²) in [6.07, 6.45) is 7.48. The monoisotopic (exact) mass is 251 g/mol. The van der Waals surface area contributed by atoms with Gasteiger partial charge in [0.25, 0.3) is 0 Å². The standard InChI is InChI=1S/C11H25NO3S/c1-2-15-10-8-6-4-3-5-7-9-11-16(12,13)14/h2-11H2,1H3,(H2,12,13,14). The Balaban J connectivity index is 3.05. The van der Waals surface area contributed by atoms with Crippen molar-refractivity contribution >= 4 is 10.0 Å².